The maximum atomic E-state index is 13.2. The molecule has 54 heavy (non-hydrogen) atoms. The zero-order valence-electron chi connectivity index (χ0n) is 28.8. The van der Waals surface area contributed by atoms with E-state index in [1.807, 2.05) is 89.5 Å². The number of pyridine rings is 1. The fourth-order valence-corrected chi connectivity index (χ4v) is 6.97. The third kappa shape index (κ3) is 8.13. The molecular weight excluding hydrogens is 721 g/mol. The van der Waals surface area contributed by atoms with Gasteiger partial charge in [0.05, 0.1) is 29.0 Å². The first-order valence-corrected chi connectivity index (χ1v) is 19.1. The third-order valence-corrected chi connectivity index (χ3v) is 10.3. The normalized spacial score (nSPS) is 11.5. The highest BCUT2D eigenvalue weighted by atomic mass is 32.2. The van der Waals surface area contributed by atoms with Crippen LogP contribution in [-0.4, -0.2) is 52.7 Å². The van der Waals surface area contributed by atoms with Gasteiger partial charge in [0.15, 0.2) is 16.8 Å². The highest BCUT2D eigenvalue weighted by Crippen LogP contribution is 2.35. The smallest absolute Gasteiger partial charge is 0.238 e. The molecule has 2 heterocycles. The van der Waals surface area contributed by atoms with E-state index in [-0.39, 0.29) is 22.3 Å². The molecule has 7 aromatic rings. The van der Waals surface area contributed by atoms with Crippen molar-refractivity contribution in [3.8, 4) is 34.1 Å². The molecule has 0 fully saturated rings. The minimum atomic E-state index is -3.86. The van der Waals surface area contributed by atoms with Crippen LogP contribution < -0.4 is 15.2 Å². The molecule has 2 aromatic heterocycles. The van der Waals surface area contributed by atoms with Crippen LogP contribution in [0.1, 0.15) is 15.9 Å². The first-order valence-electron chi connectivity index (χ1n) is 16.6. The number of para-hydroxylation sites is 2. The molecule has 0 aliphatic carbocycles. The molecule has 1 amide bonds. The predicted octanol–water partition coefficient (Wildman–Crippen LogP) is 7.43. The first kappa shape index (κ1) is 36.0. The van der Waals surface area contributed by atoms with Gasteiger partial charge in [0.1, 0.15) is 5.75 Å². The van der Waals surface area contributed by atoms with Crippen LogP contribution in [-0.2, 0) is 14.8 Å². The van der Waals surface area contributed by atoms with Gasteiger partial charge in [-0.05, 0) is 84.4 Å². The summed E-state index contributed by atoms with van der Waals surface area (Å²) in [4.78, 5) is 30.8. The maximum Gasteiger partial charge on any atom is 0.238 e. The van der Waals surface area contributed by atoms with Gasteiger partial charge < -0.3 is 10.1 Å². The van der Waals surface area contributed by atoms with Gasteiger partial charge in [0, 0.05) is 33.5 Å². The summed E-state index contributed by atoms with van der Waals surface area (Å²) in [5.74, 6) is 0.883. The van der Waals surface area contributed by atoms with E-state index < -0.39 is 10.0 Å². The van der Waals surface area contributed by atoms with E-state index in [1.54, 1.807) is 49.6 Å². The largest absolute Gasteiger partial charge is 0.497 e. The Kier molecular flexibility index (Phi) is 10.4. The summed E-state index contributed by atoms with van der Waals surface area (Å²) < 4.78 is 30.8. The monoisotopic (exact) mass is 752 g/mol. The number of hydrogen-bond donors (Lipinski definition) is 2. The number of ketones is 1. The molecule has 0 saturated heterocycles. The second-order valence-corrected chi connectivity index (χ2v) is 14.5. The number of carbonyl (C=O) groups excluding carboxylic acids is 2. The van der Waals surface area contributed by atoms with E-state index in [0.717, 1.165) is 28.0 Å². The lowest BCUT2D eigenvalue weighted by Gasteiger charge is -2.13. The highest BCUT2D eigenvalue weighted by molar-refractivity contribution is 7.99. The van der Waals surface area contributed by atoms with E-state index in [2.05, 4.69) is 15.5 Å². The number of allylic oxidation sites excluding steroid dienone is 1. The lowest BCUT2D eigenvalue weighted by Crippen LogP contribution is -2.14. The average Bonchev–Trinajstić information content (AvgIpc) is 3.63. The van der Waals surface area contributed by atoms with Crippen molar-refractivity contribution < 1.29 is 22.7 Å². The van der Waals surface area contributed by atoms with Gasteiger partial charge in [-0.15, -0.1) is 10.2 Å². The summed E-state index contributed by atoms with van der Waals surface area (Å²) in [6.45, 7) is 0. The summed E-state index contributed by atoms with van der Waals surface area (Å²) >= 11 is 1.23. The SMILES string of the molecule is COc1ccc(/C=C/C(=O)c2ccc(NC(=O)CSc3nnc(-c4cc(-c5ccc(S(N)(=O)=O)cc5)nc5ccccc45)n3-c3ccccc3)cc2)cc1. The number of fused-ring (bicyclic) bond motifs is 1. The van der Waals surface area contributed by atoms with Crippen molar-refractivity contribution in [2.45, 2.75) is 10.1 Å². The van der Waals surface area contributed by atoms with E-state index >= 15 is 0 Å². The van der Waals surface area contributed by atoms with E-state index in [1.165, 1.54) is 30.0 Å². The number of carbonyl (C=O) groups is 2. The Morgan fingerprint density at radius 2 is 1.56 bits per heavy atom. The average molecular weight is 753 g/mol. The molecule has 0 atom stereocenters. The molecule has 5 aromatic carbocycles. The molecule has 11 nitrogen and oxygen atoms in total. The summed E-state index contributed by atoms with van der Waals surface area (Å²) in [5.41, 5.74) is 5.44. The Morgan fingerprint density at radius 3 is 2.26 bits per heavy atom. The number of anilines is 1. The fourth-order valence-electron chi connectivity index (χ4n) is 5.70. The minimum Gasteiger partial charge on any atom is -0.497 e. The number of hydrogen-bond acceptors (Lipinski definition) is 9. The Hall–Kier alpha value is -6.41. The Morgan fingerprint density at radius 1 is 0.852 bits per heavy atom. The zero-order valence-corrected chi connectivity index (χ0v) is 30.4. The molecule has 0 radical (unpaired) electrons. The second-order valence-electron chi connectivity index (χ2n) is 12.0. The van der Waals surface area contributed by atoms with Crippen LogP contribution in [0.2, 0.25) is 0 Å². The number of amides is 1. The van der Waals surface area contributed by atoms with E-state index in [4.69, 9.17) is 14.9 Å². The number of nitrogens with two attached hydrogens (primary N) is 1. The number of benzene rings is 5. The number of thioether (sulfide) groups is 1. The first-order chi connectivity index (χ1) is 26.2. The topological polar surface area (TPSA) is 159 Å². The number of methoxy groups -OCH3 is 1. The number of rotatable bonds is 12. The molecule has 268 valence electrons. The second kappa shape index (κ2) is 15.7. The van der Waals surface area contributed by atoms with Gasteiger partial charge in [-0.1, -0.05) is 78.5 Å². The number of primary sulfonamides is 1. The van der Waals surface area contributed by atoms with Crippen LogP contribution in [0.3, 0.4) is 0 Å². The van der Waals surface area contributed by atoms with Gasteiger partial charge in [-0.3, -0.25) is 14.2 Å². The lowest BCUT2D eigenvalue weighted by molar-refractivity contribution is -0.113. The minimum absolute atomic E-state index is 0.00279. The van der Waals surface area contributed by atoms with Crippen LogP contribution >= 0.6 is 11.8 Å². The van der Waals surface area contributed by atoms with Crippen molar-refractivity contribution >= 4 is 56.1 Å². The predicted molar refractivity (Wildman–Crippen MR) is 211 cm³/mol. The molecule has 7 rings (SSSR count). The van der Waals surface area contributed by atoms with Crippen molar-refractivity contribution in [2.24, 2.45) is 5.14 Å². The van der Waals surface area contributed by atoms with Crippen LogP contribution in [0, 0.1) is 0 Å². The highest BCUT2D eigenvalue weighted by Gasteiger charge is 2.21. The van der Waals surface area contributed by atoms with Crippen molar-refractivity contribution in [1.29, 1.82) is 0 Å². The van der Waals surface area contributed by atoms with Gasteiger partial charge in [0.2, 0.25) is 15.9 Å². The van der Waals surface area contributed by atoms with Crippen molar-refractivity contribution in [3.05, 3.63) is 151 Å². The van der Waals surface area contributed by atoms with Gasteiger partial charge in [0.25, 0.3) is 0 Å². The fraction of sp³-hybridized carbons (Fsp3) is 0.0488. The molecule has 13 heteroatoms. The van der Waals surface area contributed by atoms with Gasteiger partial charge >= 0.3 is 0 Å². The summed E-state index contributed by atoms with van der Waals surface area (Å²) in [5, 5.41) is 18.7. The van der Waals surface area contributed by atoms with Crippen molar-refractivity contribution in [3.63, 3.8) is 0 Å². The Labute approximate surface area is 315 Å². The van der Waals surface area contributed by atoms with E-state index in [0.29, 0.717) is 39.0 Å². The number of sulfonamides is 1. The molecule has 3 N–H and O–H groups in total. The number of ether oxygens (including phenoxy) is 1. The zero-order chi connectivity index (χ0) is 37.7. The summed E-state index contributed by atoms with van der Waals surface area (Å²) in [6.07, 6.45) is 3.24. The van der Waals surface area contributed by atoms with E-state index in [9.17, 15) is 18.0 Å². The Balaban J connectivity index is 1.11. The Bertz CT molecular complexity index is 2610. The van der Waals surface area contributed by atoms with Crippen LogP contribution in [0.5, 0.6) is 5.75 Å². The number of nitrogens with zero attached hydrogens (tertiary/aromatic N) is 4. The standard InChI is InChI=1S/C41H32N6O5S2/c1-52-32-20-11-27(12-21-32)13-24-38(48)29-14-18-30(19-15-29)43-39(49)26-53-41-46-45-40(47(41)31-7-3-2-4-8-31)35-25-37(44-36-10-6-5-9-34(35)36)28-16-22-33(23-17-28)54(42,50)51/h2-25H,26H2,1H3,(H,43,49)(H2,42,50,51)/b24-13+. The van der Waals surface area contributed by atoms with Crippen molar-refractivity contribution in [2.75, 3.05) is 18.2 Å². The summed E-state index contributed by atoms with van der Waals surface area (Å²) in [6, 6.07) is 39.5. The van der Waals surface area contributed by atoms with Crippen LogP contribution in [0.25, 0.3) is 45.3 Å². The molecule has 0 bridgehead atoms. The lowest BCUT2D eigenvalue weighted by atomic mass is 10.0. The number of nitrogens with one attached hydrogen (secondary N) is 1. The maximum absolute atomic E-state index is 13.2. The van der Waals surface area contributed by atoms with Crippen LogP contribution in [0.15, 0.2) is 150 Å². The molecule has 0 saturated carbocycles. The molecule has 0 unspecified atom stereocenters. The molecule has 0 aliphatic rings. The quantitative estimate of drug-likeness (QED) is 0.0735. The summed E-state index contributed by atoms with van der Waals surface area (Å²) in [7, 11) is -2.26. The number of aromatic nitrogens is 4. The van der Waals surface area contributed by atoms with Gasteiger partial charge in [-0.2, -0.15) is 0 Å². The molecule has 0 aliphatic heterocycles. The molecule has 0 spiro atoms. The van der Waals surface area contributed by atoms with Crippen LogP contribution in [0.4, 0.5) is 5.69 Å². The van der Waals surface area contributed by atoms with Gasteiger partial charge in [-0.25, -0.2) is 18.5 Å². The van der Waals surface area contributed by atoms with Crippen molar-refractivity contribution in [1.82, 2.24) is 19.7 Å². The third-order valence-electron chi connectivity index (χ3n) is 8.41. The molecular formula is C41H32N6O5S2.